The van der Waals surface area contributed by atoms with Crippen LogP contribution in [0.15, 0.2) is 55.6 Å². The third kappa shape index (κ3) is 5.48. The molecule has 41 heavy (non-hydrogen) atoms. The number of hydrogen-bond acceptors (Lipinski definition) is 6. The van der Waals surface area contributed by atoms with Gasteiger partial charge in [0.15, 0.2) is 0 Å². The number of allylic oxidation sites excluding steroid dienone is 1. The van der Waals surface area contributed by atoms with Crippen molar-refractivity contribution in [2.75, 3.05) is 26.3 Å². The Morgan fingerprint density at radius 2 is 1.93 bits per heavy atom. The van der Waals surface area contributed by atoms with Gasteiger partial charge in [0.2, 0.25) is 11.8 Å². The first-order chi connectivity index (χ1) is 19.9. The van der Waals surface area contributed by atoms with Gasteiger partial charge in [0.05, 0.1) is 30.8 Å². The van der Waals surface area contributed by atoms with Gasteiger partial charge in [-0.1, -0.05) is 62.8 Å². The van der Waals surface area contributed by atoms with Crippen LogP contribution in [0.25, 0.3) is 0 Å². The normalized spacial score (nSPS) is 28.8. The van der Waals surface area contributed by atoms with Crippen LogP contribution in [0.2, 0.25) is 0 Å². The first-order valence-electron chi connectivity index (χ1n) is 15.2. The highest BCUT2D eigenvalue weighted by atomic mass is 16.6. The molecule has 8 heteroatoms. The molecule has 2 bridgehead atoms. The third-order valence-electron chi connectivity index (χ3n) is 9.29. The minimum atomic E-state index is -1.18. The lowest BCUT2D eigenvalue weighted by molar-refractivity contribution is -0.163. The highest BCUT2D eigenvalue weighted by Gasteiger charge is 2.79. The lowest BCUT2D eigenvalue weighted by Crippen LogP contribution is -2.57. The van der Waals surface area contributed by atoms with E-state index in [-0.39, 0.29) is 25.0 Å². The van der Waals surface area contributed by atoms with Crippen LogP contribution in [0.5, 0.6) is 0 Å². The molecule has 2 unspecified atom stereocenters. The molecule has 3 heterocycles. The number of benzene rings is 1. The van der Waals surface area contributed by atoms with Crippen molar-refractivity contribution < 1.29 is 29.0 Å². The van der Waals surface area contributed by atoms with E-state index in [0.29, 0.717) is 38.8 Å². The van der Waals surface area contributed by atoms with Crippen molar-refractivity contribution in [3.8, 4) is 0 Å². The summed E-state index contributed by atoms with van der Waals surface area (Å²) in [7, 11) is 0. The molecule has 1 aromatic rings. The maximum atomic E-state index is 14.6. The quantitative estimate of drug-likeness (QED) is 0.179. The van der Waals surface area contributed by atoms with Crippen LogP contribution < -0.4 is 0 Å². The summed E-state index contributed by atoms with van der Waals surface area (Å²) in [4.78, 5) is 46.1. The summed E-state index contributed by atoms with van der Waals surface area (Å²) in [5, 5.41) is 10.7. The zero-order valence-corrected chi connectivity index (χ0v) is 24.6. The molecule has 8 nitrogen and oxygen atoms in total. The fourth-order valence-corrected chi connectivity index (χ4v) is 7.28. The number of aliphatic hydroxyl groups excluding tert-OH is 1. The van der Waals surface area contributed by atoms with Gasteiger partial charge < -0.3 is 24.4 Å². The molecule has 1 N–H and O–H groups in total. The monoisotopic (exact) mass is 566 g/mol. The summed E-state index contributed by atoms with van der Waals surface area (Å²) in [6.07, 6.45) is 9.22. The average molecular weight is 567 g/mol. The van der Waals surface area contributed by atoms with E-state index in [4.69, 9.17) is 9.47 Å². The fourth-order valence-electron chi connectivity index (χ4n) is 7.28. The van der Waals surface area contributed by atoms with Crippen LogP contribution in [-0.2, 0) is 23.9 Å². The topological polar surface area (TPSA) is 96.4 Å². The van der Waals surface area contributed by atoms with Crippen LogP contribution in [-0.4, -0.2) is 76.2 Å². The van der Waals surface area contributed by atoms with Crippen molar-refractivity contribution in [3.05, 3.63) is 61.2 Å². The van der Waals surface area contributed by atoms with Crippen molar-refractivity contribution in [1.29, 1.82) is 0 Å². The Balaban J connectivity index is 1.77. The van der Waals surface area contributed by atoms with E-state index in [2.05, 4.69) is 20.1 Å². The zero-order chi connectivity index (χ0) is 29.6. The van der Waals surface area contributed by atoms with E-state index in [0.717, 1.165) is 31.2 Å². The van der Waals surface area contributed by atoms with Gasteiger partial charge in [-0.15, -0.1) is 13.2 Å². The number of nitrogens with zero attached hydrogens (tertiary/aromatic N) is 2. The van der Waals surface area contributed by atoms with Crippen LogP contribution >= 0.6 is 0 Å². The smallest absolute Gasteiger partial charge is 0.312 e. The van der Waals surface area contributed by atoms with E-state index in [1.54, 1.807) is 11.0 Å². The molecule has 0 aliphatic carbocycles. The van der Waals surface area contributed by atoms with Crippen LogP contribution in [0.3, 0.4) is 0 Å². The third-order valence-corrected chi connectivity index (χ3v) is 9.29. The molecule has 0 aromatic heterocycles. The Morgan fingerprint density at radius 3 is 2.56 bits per heavy atom. The van der Waals surface area contributed by atoms with Crippen LogP contribution in [0.1, 0.15) is 76.8 Å². The number of amides is 2. The van der Waals surface area contributed by atoms with Gasteiger partial charge in [0, 0.05) is 13.1 Å². The number of likely N-dealkylation sites (tertiary alicyclic amines) is 1. The highest BCUT2D eigenvalue weighted by Crippen LogP contribution is 2.65. The molecular formula is C33H46N2O6. The Bertz CT molecular complexity index is 1110. The summed E-state index contributed by atoms with van der Waals surface area (Å²) >= 11 is 0. The van der Waals surface area contributed by atoms with Gasteiger partial charge in [-0.25, -0.2) is 0 Å². The number of ether oxygens (including phenoxy) is 2. The lowest BCUT2D eigenvalue weighted by Gasteiger charge is -2.39. The van der Waals surface area contributed by atoms with Crippen molar-refractivity contribution in [3.63, 3.8) is 0 Å². The zero-order valence-electron chi connectivity index (χ0n) is 24.6. The second-order valence-electron chi connectivity index (χ2n) is 11.6. The minimum absolute atomic E-state index is 0.228. The number of esters is 1. The van der Waals surface area contributed by atoms with Crippen molar-refractivity contribution >= 4 is 17.8 Å². The van der Waals surface area contributed by atoms with Gasteiger partial charge >= 0.3 is 5.97 Å². The number of rotatable bonds is 16. The van der Waals surface area contributed by atoms with Gasteiger partial charge in [0.1, 0.15) is 17.6 Å². The van der Waals surface area contributed by atoms with E-state index in [9.17, 15) is 19.5 Å². The standard InChI is InChI=1S/C33H46N2O6/c1-5-9-11-15-22-40-31(39)27-26-29(37)35(25(23-36)24-16-13-12-14-17-24)28(30(38)34(20-7-3)21-10-6-2)33(26)19-18-32(27,8-4)41-33/h5,7,12-14,16-17,25-28,36H,1,3,6,8-11,15,18-23H2,2,4H3/t25-,26+,27-,28?,32+,33?/m1/s1. The second kappa shape index (κ2) is 13.3. The fraction of sp³-hybridized carbons (Fsp3) is 0.606. The maximum Gasteiger partial charge on any atom is 0.312 e. The van der Waals surface area contributed by atoms with Crippen molar-refractivity contribution in [2.45, 2.75) is 88.5 Å². The summed E-state index contributed by atoms with van der Waals surface area (Å²) < 4.78 is 12.6. The van der Waals surface area contributed by atoms with Crippen LogP contribution in [0.4, 0.5) is 0 Å². The molecule has 0 radical (unpaired) electrons. The minimum Gasteiger partial charge on any atom is -0.465 e. The summed E-state index contributed by atoms with van der Waals surface area (Å²) in [6.45, 7) is 12.4. The Labute approximate surface area is 244 Å². The molecule has 3 fully saturated rings. The van der Waals surface area contributed by atoms with Gasteiger partial charge in [-0.05, 0) is 50.5 Å². The van der Waals surface area contributed by atoms with Crippen molar-refractivity contribution in [1.82, 2.24) is 9.80 Å². The molecule has 4 rings (SSSR count). The summed E-state index contributed by atoms with van der Waals surface area (Å²) in [5.74, 6) is -2.67. The number of fused-ring (bicyclic) bond motifs is 1. The predicted octanol–water partition coefficient (Wildman–Crippen LogP) is 4.59. The Kier molecular flexibility index (Phi) is 10.1. The first kappa shape index (κ1) is 31.0. The van der Waals surface area contributed by atoms with E-state index in [1.807, 2.05) is 43.3 Å². The van der Waals surface area contributed by atoms with Crippen molar-refractivity contribution in [2.24, 2.45) is 11.8 Å². The Hall–Kier alpha value is -2.97. The molecule has 1 spiro atoms. The second-order valence-corrected chi connectivity index (χ2v) is 11.6. The number of aliphatic hydroxyl groups is 1. The largest absolute Gasteiger partial charge is 0.465 e. The number of unbranched alkanes of at least 4 members (excludes halogenated alkanes) is 3. The first-order valence-corrected chi connectivity index (χ1v) is 15.2. The van der Waals surface area contributed by atoms with Gasteiger partial charge in [0.25, 0.3) is 0 Å². The lowest BCUT2D eigenvalue weighted by atomic mass is 9.65. The maximum absolute atomic E-state index is 14.6. The molecule has 3 saturated heterocycles. The van der Waals surface area contributed by atoms with E-state index in [1.165, 1.54) is 4.90 Å². The number of carbonyl (C=O) groups excluding carboxylic acids is 3. The Morgan fingerprint density at radius 1 is 1.17 bits per heavy atom. The van der Waals surface area contributed by atoms with Crippen LogP contribution in [0, 0.1) is 11.8 Å². The highest BCUT2D eigenvalue weighted by molar-refractivity contribution is 5.99. The summed E-state index contributed by atoms with van der Waals surface area (Å²) in [5.41, 5.74) is -1.32. The summed E-state index contributed by atoms with van der Waals surface area (Å²) in [6, 6.07) is 7.52. The molecule has 3 aliphatic rings. The number of carbonyl (C=O) groups is 3. The molecule has 0 saturated carbocycles. The molecule has 224 valence electrons. The predicted molar refractivity (Wildman–Crippen MR) is 157 cm³/mol. The molecule has 2 amide bonds. The average Bonchev–Trinajstić information content (AvgIpc) is 3.59. The van der Waals surface area contributed by atoms with E-state index >= 15 is 0 Å². The SMILES string of the molecule is C=CCCCCOC(=O)[C@H]1[C@H]2C(=O)N([C@H](CO)c3ccccc3)C(C(=O)N(CC=C)CCCC)C23CC[C@]1(CC)O3. The molecular weight excluding hydrogens is 520 g/mol. The van der Waals surface area contributed by atoms with E-state index < -0.39 is 41.1 Å². The molecule has 1 aromatic carbocycles. The number of hydrogen-bond donors (Lipinski definition) is 1. The molecule has 3 aliphatic heterocycles. The van der Waals surface area contributed by atoms with Gasteiger partial charge in [-0.3, -0.25) is 14.4 Å². The molecule has 6 atom stereocenters. The van der Waals surface area contributed by atoms with Gasteiger partial charge in [-0.2, -0.15) is 0 Å².